The number of fused-ring (bicyclic) bond motifs is 1. The first-order valence-corrected chi connectivity index (χ1v) is 10.8. The summed E-state index contributed by atoms with van der Waals surface area (Å²) in [5.74, 6) is -0.379. The molecule has 1 aliphatic rings. The molecule has 0 bridgehead atoms. The molecule has 3 aromatic rings. The first-order valence-electron chi connectivity index (χ1n) is 9.20. The molecule has 28 heavy (non-hydrogen) atoms. The summed E-state index contributed by atoms with van der Waals surface area (Å²) in [4.78, 5) is 27.2. The predicted molar refractivity (Wildman–Crippen MR) is 111 cm³/mol. The molecule has 4 rings (SSSR count). The van der Waals surface area contributed by atoms with Gasteiger partial charge in [-0.05, 0) is 55.3 Å². The largest absolute Gasteiger partial charge is 0.352 e. The van der Waals surface area contributed by atoms with Crippen LogP contribution in [0.4, 0.5) is 5.00 Å². The van der Waals surface area contributed by atoms with E-state index in [2.05, 4.69) is 20.2 Å². The third kappa shape index (κ3) is 3.83. The van der Waals surface area contributed by atoms with E-state index in [9.17, 15) is 9.59 Å². The molecular weight excluding hydrogens is 392 g/mol. The Labute approximate surface area is 171 Å². The Morgan fingerprint density at radius 2 is 1.96 bits per heavy atom. The Kier molecular flexibility index (Phi) is 5.50. The fraction of sp³-hybridized carbons (Fsp3) is 0.300. The summed E-state index contributed by atoms with van der Waals surface area (Å²) in [7, 11) is 0. The second-order valence-corrected chi connectivity index (χ2v) is 8.55. The molecular formula is C20H20N4O2S2. The normalized spacial score (nSPS) is 12.6. The summed E-state index contributed by atoms with van der Waals surface area (Å²) in [5, 5.41) is 10.5. The number of anilines is 1. The zero-order chi connectivity index (χ0) is 19.5. The highest BCUT2D eigenvalue weighted by Crippen LogP contribution is 2.39. The average molecular weight is 413 g/mol. The highest BCUT2D eigenvalue weighted by atomic mass is 32.1. The van der Waals surface area contributed by atoms with E-state index in [4.69, 9.17) is 0 Å². The number of benzene rings is 1. The Morgan fingerprint density at radius 1 is 1.14 bits per heavy atom. The molecule has 0 aliphatic heterocycles. The van der Waals surface area contributed by atoms with Gasteiger partial charge in [-0.1, -0.05) is 34.8 Å². The van der Waals surface area contributed by atoms with E-state index in [-0.39, 0.29) is 11.8 Å². The molecule has 0 unspecified atom stereocenters. The van der Waals surface area contributed by atoms with Gasteiger partial charge in [0.15, 0.2) is 0 Å². The van der Waals surface area contributed by atoms with E-state index >= 15 is 0 Å². The molecule has 1 aromatic carbocycles. The lowest BCUT2D eigenvalue weighted by atomic mass is 10.1. The van der Waals surface area contributed by atoms with E-state index in [1.807, 2.05) is 30.3 Å². The summed E-state index contributed by atoms with van der Waals surface area (Å²) in [6.07, 6.45) is 3.66. The summed E-state index contributed by atoms with van der Waals surface area (Å²) < 4.78 is 3.82. The number of carbonyl (C=O) groups is 2. The highest BCUT2D eigenvalue weighted by Gasteiger charge is 2.28. The fourth-order valence-corrected chi connectivity index (χ4v) is 5.22. The minimum atomic E-state index is -0.259. The van der Waals surface area contributed by atoms with Gasteiger partial charge in [-0.25, -0.2) is 0 Å². The van der Waals surface area contributed by atoms with Crippen molar-refractivity contribution in [2.75, 3.05) is 11.9 Å². The number of thiophene rings is 1. The molecule has 2 aromatic heterocycles. The zero-order valence-corrected chi connectivity index (χ0v) is 17.1. The summed E-state index contributed by atoms with van der Waals surface area (Å²) in [6, 6.07) is 10.1. The van der Waals surface area contributed by atoms with Crippen LogP contribution in [0.2, 0.25) is 0 Å². The van der Waals surface area contributed by atoms with Gasteiger partial charge >= 0.3 is 0 Å². The van der Waals surface area contributed by atoms with Crippen LogP contribution in [-0.4, -0.2) is 27.9 Å². The Balaban J connectivity index is 1.50. The van der Waals surface area contributed by atoms with Crippen LogP contribution in [0.1, 0.15) is 48.1 Å². The second-order valence-electron chi connectivity index (χ2n) is 6.69. The van der Waals surface area contributed by atoms with Gasteiger partial charge < -0.3 is 10.6 Å². The van der Waals surface area contributed by atoms with Crippen LogP contribution in [0.3, 0.4) is 0 Å². The van der Waals surface area contributed by atoms with E-state index in [1.54, 1.807) is 6.92 Å². The van der Waals surface area contributed by atoms with Crippen LogP contribution in [0.15, 0.2) is 30.3 Å². The SMILES string of the molecule is Cc1nnsc1C(=O)Nc1sc2c(c1C(=O)NCCc1ccccc1)CCC2. The Hall–Kier alpha value is -2.58. The Bertz CT molecular complexity index is 1010. The van der Waals surface area contributed by atoms with Crippen LogP contribution in [-0.2, 0) is 19.3 Å². The Morgan fingerprint density at radius 3 is 2.71 bits per heavy atom. The molecule has 0 saturated carbocycles. The monoisotopic (exact) mass is 412 g/mol. The van der Waals surface area contributed by atoms with Crippen LogP contribution < -0.4 is 10.6 Å². The quantitative estimate of drug-likeness (QED) is 0.648. The molecule has 0 atom stereocenters. The van der Waals surface area contributed by atoms with Crippen molar-refractivity contribution in [1.29, 1.82) is 0 Å². The lowest BCUT2D eigenvalue weighted by molar-refractivity contribution is 0.0954. The number of carbonyl (C=O) groups excluding carboxylic acids is 2. The molecule has 0 spiro atoms. The van der Waals surface area contributed by atoms with Gasteiger partial charge in [-0.3, -0.25) is 9.59 Å². The molecule has 2 heterocycles. The van der Waals surface area contributed by atoms with Crippen LogP contribution in [0.25, 0.3) is 0 Å². The summed E-state index contributed by atoms with van der Waals surface area (Å²) >= 11 is 2.57. The summed E-state index contributed by atoms with van der Waals surface area (Å²) in [5.41, 5.74) is 3.48. The van der Waals surface area contributed by atoms with Crippen molar-refractivity contribution in [3.63, 3.8) is 0 Å². The van der Waals surface area contributed by atoms with Crippen molar-refractivity contribution in [3.05, 3.63) is 62.5 Å². The van der Waals surface area contributed by atoms with Gasteiger partial charge in [0.25, 0.3) is 11.8 Å². The first kappa shape index (κ1) is 18.8. The third-order valence-corrected chi connectivity index (χ3v) is 6.81. The molecule has 6 nitrogen and oxygen atoms in total. The number of nitrogens with zero attached hydrogens (tertiary/aromatic N) is 2. The number of hydrogen-bond acceptors (Lipinski definition) is 6. The topological polar surface area (TPSA) is 84.0 Å². The number of aryl methyl sites for hydroxylation is 2. The van der Waals surface area contributed by atoms with Crippen LogP contribution in [0.5, 0.6) is 0 Å². The number of hydrogen-bond donors (Lipinski definition) is 2. The summed E-state index contributed by atoms with van der Waals surface area (Å²) in [6.45, 7) is 2.31. The average Bonchev–Trinajstić information content (AvgIpc) is 3.38. The molecule has 1 aliphatic carbocycles. The minimum Gasteiger partial charge on any atom is -0.352 e. The smallest absolute Gasteiger partial charge is 0.269 e. The lowest BCUT2D eigenvalue weighted by Crippen LogP contribution is -2.27. The molecule has 144 valence electrons. The van der Waals surface area contributed by atoms with Gasteiger partial charge in [0.05, 0.1) is 11.3 Å². The van der Waals surface area contributed by atoms with Crippen LogP contribution >= 0.6 is 22.9 Å². The fourth-order valence-electron chi connectivity index (χ4n) is 3.39. The van der Waals surface area contributed by atoms with Crippen molar-refractivity contribution < 1.29 is 9.59 Å². The third-order valence-electron chi connectivity index (χ3n) is 4.78. The first-order chi connectivity index (χ1) is 13.6. The van der Waals surface area contributed by atoms with Crippen molar-refractivity contribution in [3.8, 4) is 0 Å². The molecule has 2 amide bonds. The van der Waals surface area contributed by atoms with Crippen molar-refractivity contribution in [2.24, 2.45) is 0 Å². The van der Waals surface area contributed by atoms with Gasteiger partial charge in [-0.2, -0.15) is 0 Å². The van der Waals surface area contributed by atoms with Gasteiger partial charge in [0.2, 0.25) is 0 Å². The highest BCUT2D eigenvalue weighted by molar-refractivity contribution is 7.17. The molecule has 0 fully saturated rings. The molecule has 0 saturated heterocycles. The predicted octanol–water partition coefficient (Wildman–Crippen LogP) is 3.62. The molecule has 2 N–H and O–H groups in total. The van der Waals surface area contributed by atoms with Crippen molar-refractivity contribution >= 4 is 39.7 Å². The van der Waals surface area contributed by atoms with Gasteiger partial charge in [0.1, 0.15) is 9.88 Å². The molecule has 8 heteroatoms. The van der Waals surface area contributed by atoms with Crippen LogP contribution in [0, 0.1) is 6.92 Å². The number of nitrogens with one attached hydrogen (secondary N) is 2. The number of amides is 2. The van der Waals surface area contributed by atoms with E-state index < -0.39 is 0 Å². The van der Waals surface area contributed by atoms with Crippen molar-refractivity contribution in [1.82, 2.24) is 14.9 Å². The minimum absolute atomic E-state index is 0.121. The molecule has 0 radical (unpaired) electrons. The second kappa shape index (κ2) is 8.20. The maximum atomic E-state index is 12.9. The van der Waals surface area contributed by atoms with E-state index in [0.29, 0.717) is 27.7 Å². The van der Waals surface area contributed by atoms with Crippen molar-refractivity contribution in [2.45, 2.75) is 32.6 Å². The van der Waals surface area contributed by atoms with Gasteiger partial charge in [-0.15, -0.1) is 16.4 Å². The number of rotatable bonds is 6. The number of aromatic nitrogens is 2. The maximum absolute atomic E-state index is 12.9. The van der Waals surface area contributed by atoms with E-state index in [1.165, 1.54) is 21.8 Å². The standard InChI is InChI=1S/C20H20N4O2S2/c1-12-17(28-24-23-12)19(26)22-20-16(14-8-5-9-15(14)27-20)18(25)21-11-10-13-6-3-2-4-7-13/h2-4,6-7H,5,8-11H2,1H3,(H,21,25)(H,22,26). The zero-order valence-electron chi connectivity index (χ0n) is 15.4. The maximum Gasteiger partial charge on any atom is 0.269 e. The lowest BCUT2D eigenvalue weighted by Gasteiger charge is -2.09. The van der Waals surface area contributed by atoms with Gasteiger partial charge in [0, 0.05) is 11.4 Å². The van der Waals surface area contributed by atoms with E-state index in [0.717, 1.165) is 42.8 Å².